The maximum absolute atomic E-state index is 6.03. The summed E-state index contributed by atoms with van der Waals surface area (Å²) in [6.45, 7) is 4.89. The minimum absolute atomic E-state index is 0.128. The Morgan fingerprint density at radius 2 is 1.81 bits per heavy atom. The van der Waals surface area contributed by atoms with Crippen LogP contribution in [0.4, 0.5) is 0 Å². The van der Waals surface area contributed by atoms with Gasteiger partial charge >= 0.3 is 0 Å². The smallest absolute Gasteiger partial charge is 0.136 e. The van der Waals surface area contributed by atoms with E-state index in [1.54, 1.807) is 0 Å². The fourth-order valence-corrected chi connectivity index (χ4v) is 2.65. The van der Waals surface area contributed by atoms with E-state index in [4.69, 9.17) is 10.5 Å². The van der Waals surface area contributed by atoms with Crippen LogP contribution < -0.4 is 10.5 Å². The van der Waals surface area contributed by atoms with Crippen molar-refractivity contribution in [2.45, 2.75) is 32.3 Å². The minimum Gasteiger partial charge on any atom is -0.484 e. The van der Waals surface area contributed by atoms with E-state index in [0.29, 0.717) is 12.5 Å². The summed E-state index contributed by atoms with van der Waals surface area (Å²) in [7, 11) is 0. The maximum atomic E-state index is 6.03. The highest BCUT2D eigenvalue weighted by Gasteiger charge is 2.12. The molecule has 0 fully saturated rings. The monoisotopic (exact) mass is 347 g/mol. The molecular weight excluding hydrogens is 326 g/mol. The van der Waals surface area contributed by atoms with Crippen LogP contribution in [0.5, 0.6) is 5.75 Å². The molecule has 0 spiro atoms. The highest BCUT2D eigenvalue weighted by Crippen LogP contribution is 2.26. The molecule has 2 aromatic rings. The minimum atomic E-state index is -0.128. The van der Waals surface area contributed by atoms with Gasteiger partial charge in [-0.15, -0.1) is 0 Å². The van der Waals surface area contributed by atoms with Gasteiger partial charge in [-0.1, -0.05) is 54.0 Å². The lowest BCUT2D eigenvalue weighted by atomic mass is 9.99. The highest BCUT2D eigenvalue weighted by molar-refractivity contribution is 9.10. The van der Waals surface area contributed by atoms with Gasteiger partial charge in [-0.05, 0) is 47.7 Å². The molecule has 0 heterocycles. The van der Waals surface area contributed by atoms with Crippen molar-refractivity contribution in [3.05, 3.63) is 64.1 Å². The van der Waals surface area contributed by atoms with E-state index in [1.807, 2.05) is 36.4 Å². The second-order valence-corrected chi connectivity index (χ2v) is 6.19. The summed E-state index contributed by atoms with van der Waals surface area (Å²) in [4.78, 5) is 0. The standard InChI is InChI=1S/C18H22BrNO/c1-3-13(2)14-7-9-17(10-8-14)21-18(12-20)15-5-4-6-16(19)11-15/h4-11,13,18H,3,12,20H2,1-2H3. The molecule has 2 nitrogen and oxygen atoms in total. The molecule has 0 saturated heterocycles. The fourth-order valence-electron chi connectivity index (χ4n) is 2.23. The molecule has 3 heteroatoms. The van der Waals surface area contributed by atoms with Gasteiger partial charge < -0.3 is 10.5 Å². The molecule has 112 valence electrons. The normalized spacial score (nSPS) is 13.7. The Hall–Kier alpha value is -1.32. The molecular formula is C18H22BrNO. The first-order valence-electron chi connectivity index (χ1n) is 7.36. The Bertz CT molecular complexity index is 568. The van der Waals surface area contributed by atoms with Crippen molar-refractivity contribution in [2.24, 2.45) is 5.73 Å². The summed E-state index contributed by atoms with van der Waals surface area (Å²) in [5, 5.41) is 0. The number of rotatable bonds is 6. The average molecular weight is 348 g/mol. The first-order valence-corrected chi connectivity index (χ1v) is 8.15. The molecule has 2 unspecified atom stereocenters. The Morgan fingerprint density at radius 1 is 1.10 bits per heavy atom. The number of nitrogens with two attached hydrogens (primary N) is 1. The van der Waals surface area contributed by atoms with Crippen molar-refractivity contribution >= 4 is 15.9 Å². The predicted molar refractivity (Wildman–Crippen MR) is 91.7 cm³/mol. The quantitative estimate of drug-likeness (QED) is 0.794. The van der Waals surface area contributed by atoms with Gasteiger partial charge in [0.05, 0.1) is 0 Å². The molecule has 0 aromatic heterocycles. The van der Waals surface area contributed by atoms with Crippen molar-refractivity contribution < 1.29 is 4.74 Å². The first kappa shape index (κ1) is 16.1. The summed E-state index contributed by atoms with van der Waals surface area (Å²) in [5.74, 6) is 1.44. The van der Waals surface area contributed by atoms with Crippen molar-refractivity contribution in [2.75, 3.05) is 6.54 Å². The Kier molecular flexibility index (Phi) is 5.83. The van der Waals surface area contributed by atoms with Gasteiger partial charge in [0.25, 0.3) is 0 Å². The van der Waals surface area contributed by atoms with Crippen LogP contribution in [0.15, 0.2) is 53.0 Å². The van der Waals surface area contributed by atoms with Crippen LogP contribution in [-0.4, -0.2) is 6.54 Å². The van der Waals surface area contributed by atoms with Crippen molar-refractivity contribution in [3.8, 4) is 5.75 Å². The number of benzene rings is 2. The fraction of sp³-hybridized carbons (Fsp3) is 0.333. The van der Waals surface area contributed by atoms with E-state index in [0.717, 1.165) is 22.2 Å². The zero-order valence-corrected chi connectivity index (χ0v) is 14.1. The van der Waals surface area contributed by atoms with E-state index in [-0.39, 0.29) is 6.10 Å². The molecule has 0 amide bonds. The molecule has 21 heavy (non-hydrogen) atoms. The zero-order valence-electron chi connectivity index (χ0n) is 12.6. The number of hydrogen-bond acceptors (Lipinski definition) is 2. The van der Waals surface area contributed by atoms with Crippen LogP contribution in [-0.2, 0) is 0 Å². The van der Waals surface area contributed by atoms with Crippen LogP contribution in [0.1, 0.15) is 43.4 Å². The lowest BCUT2D eigenvalue weighted by Crippen LogP contribution is -2.18. The van der Waals surface area contributed by atoms with Gasteiger partial charge in [-0.3, -0.25) is 0 Å². The molecule has 2 aromatic carbocycles. The molecule has 0 radical (unpaired) electrons. The summed E-state index contributed by atoms with van der Waals surface area (Å²) in [6.07, 6.45) is 1.01. The first-order chi connectivity index (χ1) is 10.1. The van der Waals surface area contributed by atoms with Gasteiger partial charge in [0, 0.05) is 11.0 Å². The Balaban J connectivity index is 2.12. The molecule has 2 atom stereocenters. The van der Waals surface area contributed by atoms with Gasteiger partial charge in [-0.25, -0.2) is 0 Å². The van der Waals surface area contributed by atoms with E-state index in [2.05, 4.69) is 41.9 Å². The number of ether oxygens (including phenoxy) is 1. The van der Waals surface area contributed by atoms with Gasteiger partial charge in [0.15, 0.2) is 0 Å². The second kappa shape index (κ2) is 7.62. The number of hydrogen-bond donors (Lipinski definition) is 1. The topological polar surface area (TPSA) is 35.2 Å². The molecule has 2 rings (SSSR count). The molecule has 0 aliphatic rings. The SMILES string of the molecule is CCC(C)c1ccc(OC(CN)c2cccc(Br)c2)cc1. The van der Waals surface area contributed by atoms with Crippen molar-refractivity contribution in [1.29, 1.82) is 0 Å². The van der Waals surface area contributed by atoms with E-state index in [1.165, 1.54) is 5.56 Å². The third kappa shape index (κ3) is 4.32. The largest absolute Gasteiger partial charge is 0.484 e. The van der Waals surface area contributed by atoms with Gasteiger partial charge in [-0.2, -0.15) is 0 Å². The Labute approximate surface area is 135 Å². The van der Waals surface area contributed by atoms with E-state index >= 15 is 0 Å². The predicted octanol–water partition coefficient (Wildman–Crippen LogP) is 5.04. The molecule has 0 aliphatic carbocycles. The molecule has 2 N–H and O–H groups in total. The third-order valence-electron chi connectivity index (χ3n) is 3.77. The van der Waals surface area contributed by atoms with Gasteiger partial charge in [0.2, 0.25) is 0 Å². The van der Waals surface area contributed by atoms with E-state index < -0.39 is 0 Å². The molecule has 0 bridgehead atoms. The lowest BCUT2D eigenvalue weighted by Gasteiger charge is -2.19. The molecule has 0 saturated carbocycles. The van der Waals surface area contributed by atoms with Crippen LogP contribution in [0.25, 0.3) is 0 Å². The summed E-state index contributed by atoms with van der Waals surface area (Å²) in [5.41, 5.74) is 8.29. The van der Waals surface area contributed by atoms with E-state index in [9.17, 15) is 0 Å². The van der Waals surface area contributed by atoms with Crippen LogP contribution in [0.2, 0.25) is 0 Å². The summed E-state index contributed by atoms with van der Waals surface area (Å²) < 4.78 is 7.06. The average Bonchev–Trinajstić information content (AvgIpc) is 2.52. The highest BCUT2D eigenvalue weighted by atomic mass is 79.9. The number of halogens is 1. The molecule has 0 aliphatic heterocycles. The Morgan fingerprint density at radius 3 is 2.38 bits per heavy atom. The van der Waals surface area contributed by atoms with Crippen LogP contribution in [0, 0.1) is 0 Å². The van der Waals surface area contributed by atoms with Crippen LogP contribution in [0.3, 0.4) is 0 Å². The maximum Gasteiger partial charge on any atom is 0.136 e. The second-order valence-electron chi connectivity index (χ2n) is 5.28. The summed E-state index contributed by atoms with van der Waals surface area (Å²) in [6, 6.07) is 16.4. The lowest BCUT2D eigenvalue weighted by molar-refractivity contribution is 0.214. The summed E-state index contributed by atoms with van der Waals surface area (Å²) >= 11 is 3.48. The zero-order chi connectivity index (χ0) is 15.2. The van der Waals surface area contributed by atoms with Gasteiger partial charge in [0.1, 0.15) is 11.9 Å². The van der Waals surface area contributed by atoms with Crippen molar-refractivity contribution in [3.63, 3.8) is 0 Å². The van der Waals surface area contributed by atoms with Crippen molar-refractivity contribution in [1.82, 2.24) is 0 Å². The third-order valence-corrected chi connectivity index (χ3v) is 4.27. The van der Waals surface area contributed by atoms with Crippen LogP contribution >= 0.6 is 15.9 Å².